The van der Waals surface area contributed by atoms with Gasteiger partial charge < -0.3 is 10.4 Å². The van der Waals surface area contributed by atoms with Gasteiger partial charge in [0.2, 0.25) is 0 Å². The summed E-state index contributed by atoms with van der Waals surface area (Å²) in [6.07, 6.45) is 0.864. The number of halogens is 3. The molecule has 0 aromatic heterocycles. The second-order valence-corrected chi connectivity index (χ2v) is 9.34. The summed E-state index contributed by atoms with van der Waals surface area (Å²) >= 11 is 6.08. The molecule has 1 aliphatic carbocycles. The number of aliphatic hydroxyl groups excluding tert-OH is 1. The lowest BCUT2D eigenvalue weighted by atomic mass is 9.97. The summed E-state index contributed by atoms with van der Waals surface area (Å²) in [5.41, 5.74) is -0.105. The van der Waals surface area contributed by atoms with Crippen molar-refractivity contribution in [2.75, 3.05) is 5.32 Å². The van der Waals surface area contributed by atoms with Crippen molar-refractivity contribution in [1.82, 2.24) is 0 Å². The molecule has 0 heterocycles. The fourth-order valence-corrected chi connectivity index (χ4v) is 5.55. The van der Waals surface area contributed by atoms with E-state index in [4.69, 9.17) is 11.6 Å². The van der Waals surface area contributed by atoms with E-state index in [0.717, 1.165) is 18.2 Å². The average Bonchev–Trinajstić information content (AvgIpc) is 2.61. The number of benzene rings is 2. The topological polar surface area (TPSA) is 83.5 Å². The molecule has 1 fully saturated rings. The second-order valence-electron chi connectivity index (χ2n) is 6.73. The summed E-state index contributed by atoms with van der Waals surface area (Å²) in [6, 6.07) is 6.35. The van der Waals surface area contributed by atoms with Gasteiger partial charge in [0.25, 0.3) is 5.91 Å². The molecule has 1 saturated carbocycles. The fourth-order valence-electron chi connectivity index (χ4n) is 3.23. The zero-order valence-corrected chi connectivity index (χ0v) is 16.2. The van der Waals surface area contributed by atoms with E-state index >= 15 is 0 Å². The second kappa shape index (κ2) is 8.14. The molecule has 5 nitrogen and oxygen atoms in total. The lowest BCUT2D eigenvalue weighted by molar-refractivity contribution is 0.102. The Morgan fingerprint density at radius 2 is 1.64 bits per heavy atom. The summed E-state index contributed by atoms with van der Waals surface area (Å²) in [5, 5.41) is 11.2. The van der Waals surface area contributed by atoms with Crippen LogP contribution >= 0.6 is 11.6 Å². The Kier molecular flexibility index (Phi) is 6.02. The van der Waals surface area contributed by atoms with E-state index in [9.17, 15) is 27.1 Å². The Labute approximate surface area is 166 Å². The van der Waals surface area contributed by atoms with E-state index in [1.807, 2.05) is 0 Å². The van der Waals surface area contributed by atoms with Crippen LogP contribution in [0.15, 0.2) is 41.3 Å². The van der Waals surface area contributed by atoms with Gasteiger partial charge in [0.1, 0.15) is 11.6 Å². The molecule has 150 valence electrons. The maximum atomic E-state index is 13.3. The van der Waals surface area contributed by atoms with Crippen molar-refractivity contribution in [3.8, 4) is 0 Å². The van der Waals surface area contributed by atoms with Gasteiger partial charge in [-0.15, -0.1) is 0 Å². The first-order valence-electron chi connectivity index (χ1n) is 8.66. The highest BCUT2D eigenvalue weighted by Crippen LogP contribution is 2.33. The Morgan fingerprint density at radius 1 is 1.04 bits per heavy atom. The number of hydrogen-bond acceptors (Lipinski definition) is 4. The van der Waals surface area contributed by atoms with Crippen LogP contribution in [0.1, 0.15) is 36.0 Å². The van der Waals surface area contributed by atoms with Gasteiger partial charge in [-0.25, -0.2) is 17.2 Å². The van der Waals surface area contributed by atoms with Crippen LogP contribution < -0.4 is 5.32 Å². The molecular weight excluding hydrogens is 412 g/mol. The van der Waals surface area contributed by atoms with Crippen molar-refractivity contribution in [3.63, 3.8) is 0 Å². The van der Waals surface area contributed by atoms with Gasteiger partial charge in [0.05, 0.1) is 21.3 Å². The van der Waals surface area contributed by atoms with Crippen LogP contribution in [-0.4, -0.2) is 30.8 Å². The number of anilines is 1. The van der Waals surface area contributed by atoms with Crippen molar-refractivity contribution in [3.05, 3.63) is 58.6 Å². The summed E-state index contributed by atoms with van der Waals surface area (Å²) < 4.78 is 52.4. The molecule has 0 saturated heterocycles. The highest BCUT2D eigenvalue weighted by Gasteiger charge is 2.33. The maximum Gasteiger partial charge on any atom is 0.255 e. The van der Waals surface area contributed by atoms with Crippen LogP contribution in [0.3, 0.4) is 0 Å². The van der Waals surface area contributed by atoms with Gasteiger partial charge in [-0.05, 0) is 56.0 Å². The van der Waals surface area contributed by atoms with E-state index in [0.29, 0.717) is 31.7 Å². The number of carbonyl (C=O) groups excluding carboxylic acids is 1. The van der Waals surface area contributed by atoms with Crippen LogP contribution in [0.5, 0.6) is 0 Å². The van der Waals surface area contributed by atoms with Gasteiger partial charge in [0.15, 0.2) is 9.84 Å². The third-order valence-electron chi connectivity index (χ3n) is 4.70. The van der Waals surface area contributed by atoms with Gasteiger partial charge in [-0.1, -0.05) is 11.6 Å². The number of nitrogens with one attached hydrogen (secondary N) is 1. The molecular formula is C19H18ClF2NO4S. The van der Waals surface area contributed by atoms with Crippen molar-refractivity contribution in [1.29, 1.82) is 0 Å². The molecule has 2 aromatic carbocycles. The molecule has 1 amide bonds. The van der Waals surface area contributed by atoms with Crippen LogP contribution in [0.4, 0.5) is 14.5 Å². The van der Waals surface area contributed by atoms with E-state index in [2.05, 4.69) is 5.32 Å². The lowest BCUT2D eigenvalue weighted by Gasteiger charge is -2.25. The molecule has 3 rings (SSSR count). The minimum atomic E-state index is -3.80. The summed E-state index contributed by atoms with van der Waals surface area (Å²) in [7, 11) is -3.80. The molecule has 0 radical (unpaired) electrons. The smallest absolute Gasteiger partial charge is 0.255 e. The minimum absolute atomic E-state index is 0.0107. The molecule has 2 N–H and O–H groups in total. The van der Waals surface area contributed by atoms with Gasteiger partial charge in [-0.3, -0.25) is 4.79 Å². The number of amides is 1. The monoisotopic (exact) mass is 429 g/mol. The maximum absolute atomic E-state index is 13.3. The highest BCUT2D eigenvalue weighted by atomic mass is 35.5. The molecule has 9 heteroatoms. The van der Waals surface area contributed by atoms with E-state index in [-0.39, 0.29) is 21.2 Å². The number of carbonyl (C=O) groups is 1. The molecule has 0 unspecified atom stereocenters. The van der Waals surface area contributed by atoms with E-state index < -0.39 is 38.7 Å². The fraction of sp³-hybridized carbons (Fsp3) is 0.316. The zero-order valence-electron chi connectivity index (χ0n) is 14.7. The average molecular weight is 430 g/mol. The minimum Gasteiger partial charge on any atom is -0.393 e. The highest BCUT2D eigenvalue weighted by molar-refractivity contribution is 7.92. The number of sulfone groups is 1. The Balaban J connectivity index is 1.87. The first-order chi connectivity index (χ1) is 13.2. The summed E-state index contributed by atoms with van der Waals surface area (Å²) in [6.45, 7) is 0. The quantitative estimate of drug-likeness (QED) is 0.770. The molecule has 0 spiro atoms. The molecule has 28 heavy (non-hydrogen) atoms. The Morgan fingerprint density at radius 3 is 2.25 bits per heavy atom. The molecule has 2 aromatic rings. The summed E-state index contributed by atoms with van der Waals surface area (Å²) in [4.78, 5) is 12.2. The largest absolute Gasteiger partial charge is 0.393 e. The van der Waals surface area contributed by atoms with E-state index in [1.165, 1.54) is 12.1 Å². The van der Waals surface area contributed by atoms with E-state index in [1.54, 1.807) is 0 Å². The normalized spacial score (nSPS) is 20.0. The molecule has 0 bridgehead atoms. The molecule has 0 atom stereocenters. The SMILES string of the molecule is O=C(Nc1cc(F)cc(F)c1)c1ccc(Cl)c(S(=O)(=O)[C@H]2CC[C@H](O)CC2)c1. The Bertz CT molecular complexity index is 985. The third-order valence-corrected chi connectivity index (χ3v) is 7.44. The predicted molar refractivity (Wildman–Crippen MR) is 101 cm³/mol. The predicted octanol–water partition coefficient (Wildman–Crippen LogP) is 3.95. The zero-order chi connectivity index (χ0) is 20.5. The first kappa shape index (κ1) is 20.7. The van der Waals surface area contributed by atoms with Crippen molar-refractivity contribution < 1.29 is 27.1 Å². The number of aliphatic hydroxyl groups is 1. The lowest BCUT2D eigenvalue weighted by Crippen LogP contribution is -2.29. The van der Waals surface area contributed by atoms with Crippen molar-refractivity contribution in [2.45, 2.75) is 41.9 Å². The first-order valence-corrected chi connectivity index (χ1v) is 10.6. The van der Waals surface area contributed by atoms with Crippen LogP contribution in [0, 0.1) is 11.6 Å². The van der Waals surface area contributed by atoms with Crippen LogP contribution in [-0.2, 0) is 9.84 Å². The van der Waals surface area contributed by atoms with Gasteiger partial charge in [0, 0.05) is 17.3 Å². The summed E-state index contributed by atoms with van der Waals surface area (Å²) in [5.74, 6) is -2.43. The van der Waals surface area contributed by atoms with Gasteiger partial charge in [-0.2, -0.15) is 0 Å². The Hall–Kier alpha value is -2.03. The van der Waals surface area contributed by atoms with Gasteiger partial charge >= 0.3 is 0 Å². The van der Waals surface area contributed by atoms with Crippen molar-refractivity contribution in [2.24, 2.45) is 0 Å². The number of hydrogen-bond donors (Lipinski definition) is 2. The van der Waals surface area contributed by atoms with Crippen molar-refractivity contribution >= 4 is 33.0 Å². The third kappa shape index (κ3) is 4.51. The molecule has 1 aliphatic rings. The number of rotatable bonds is 4. The van der Waals surface area contributed by atoms with Crippen LogP contribution in [0.2, 0.25) is 5.02 Å². The van der Waals surface area contributed by atoms with Crippen LogP contribution in [0.25, 0.3) is 0 Å². The standard InChI is InChI=1S/C19H18ClF2NO4S/c20-17-6-1-11(19(25)23-14-9-12(21)8-13(22)10-14)7-18(17)28(26,27)16-4-2-15(24)3-5-16/h1,6-10,15-16,24H,2-5H2,(H,23,25)/t15-,16-. The molecule has 0 aliphatic heterocycles.